The Hall–Kier alpha value is -4.78. The average Bonchev–Trinajstić information content (AvgIpc) is 3.67. The molecule has 0 spiro atoms. The van der Waals surface area contributed by atoms with Crippen LogP contribution in [0.4, 0.5) is 10.6 Å². The van der Waals surface area contributed by atoms with E-state index in [2.05, 4.69) is 20.3 Å². The molecule has 1 saturated carbocycles. The van der Waals surface area contributed by atoms with Crippen LogP contribution in [0.25, 0.3) is 22.3 Å². The number of carbonyl (C=O) groups excluding carboxylic acids is 2. The van der Waals surface area contributed by atoms with Gasteiger partial charge in [0.25, 0.3) is 0 Å². The number of benzene rings is 1. The number of nitriles is 1. The molecule has 5 rings (SSSR count). The van der Waals surface area contributed by atoms with Crippen LogP contribution in [0.5, 0.6) is 5.88 Å². The number of fused-ring (bicyclic) bond motifs is 1. The summed E-state index contributed by atoms with van der Waals surface area (Å²) in [6, 6.07) is 14.7. The minimum absolute atomic E-state index is 0.0292. The number of hydrogen-bond acceptors (Lipinski definition) is 7. The van der Waals surface area contributed by atoms with Crippen molar-refractivity contribution in [2.75, 3.05) is 19.4 Å². The highest BCUT2D eigenvalue weighted by Crippen LogP contribution is 2.42. The van der Waals surface area contributed by atoms with Gasteiger partial charge in [-0.05, 0) is 54.7 Å². The van der Waals surface area contributed by atoms with Gasteiger partial charge in [0.15, 0.2) is 0 Å². The highest BCUT2D eigenvalue weighted by Gasteiger charge is 2.25. The van der Waals surface area contributed by atoms with Gasteiger partial charge in [0.1, 0.15) is 5.82 Å². The number of pyridine rings is 2. The third-order valence-corrected chi connectivity index (χ3v) is 6.17. The smallest absolute Gasteiger partial charge is 0.391 e. The van der Waals surface area contributed by atoms with Crippen molar-refractivity contribution in [3.63, 3.8) is 0 Å². The van der Waals surface area contributed by atoms with Crippen LogP contribution in [0.15, 0.2) is 55.0 Å². The summed E-state index contributed by atoms with van der Waals surface area (Å²) in [5.74, 6) is 0.875. The van der Waals surface area contributed by atoms with E-state index in [1.807, 2.05) is 41.0 Å². The predicted octanol–water partition coefficient (Wildman–Crippen LogP) is 4.33. The van der Waals surface area contributed by atoms with Crippen molar-refractivity contribution in [2.45, 2.75) is 31.7 Å². The summed E-state index contributed by atoms with van der Waals surface area (Å²) in [5, 5.41) is 11.7. The van der Waals surface area contributed by atoms with Gasteiger partial charge in [0.05, 0.1) is 34.7 Å². The Morgan fingerprint density at radius 3 is 2.76 bits per heavy atom. The normalized spacial score (nSPS) is 12.7. The fraction of sp³-hybridized carbons (Fsp3) is 0.259. The van der Waals surface area contributed by atoms with Crippen LogP contribution in [0.1, 0.15) is 36.3 Å². The summed E-state index contributed by atoms with van der Waals surface area (Å²) in [4.78, 5) is 39.3. The molecule has 0 unspecified atom stereocenters. The van der Waals surface area contributed by atoms with E-state index in [1.165, 1.54) is 18.3 Å². The van der Waals surface area contributed by atoms with Gasteiger partial charge in [0, 0.05) is 44.9 Å². The topological polar surface area (TPSA) is 126 Å². The fourth-order valence-corrected chi connectivity index (χ4v) is 4.01. The molecule has 10 nitrogen and oxygen atoms in total. The first-order valence-electron chi connectivity index (χ1n) is 11.9. The van der Waals surface area contributed by atoms with Crippen molar-refractivity contribution in [1.82, 2.24) is 24.4 Å². The Morgan fingerprint density at radius 1 is 1.16 bits per heavy atom. The van der Waals surface area contributed by atoms with E-state index in [0.29, 0.717) is 36.0 Å². The molecule has 4 aromatic rings. The molecular formula is C27H25N7O3. The van der Waals surface area contributed by atoms with Crippen LogP contribution in [0.2, 0.25) is 0 Å². The molecular weight excluding hydrogens is 470 g/mol. The molecule has 0 bridgehead atoms. The lowest BCUT2D eigenvalue weighted by Crippen LogP contribution is -2.22. The third kappa shape index (κ3) is 5.56. The maximum atomic E-state index is 12.5. The number of amides is 2. The molecule has 0 radical (unpaired) electrons. The van der Waals surface area contributed by atoms with Gasteiger partial charge in [0.2, 0.25) is 11.8 Å². The Balaban J connectivity index is 1.40. The van der Waals surface area contributed by atoms with Gasteiger partial charge in [-0.25, -0.2) is 19.7 Å². The second-order valence-electron chi connectivity index (χ2n) is 9.13. The van der Waals surface area contributed by atoms with Gasteiger partial charge in [-0.3, -0.25) is 10.1 Å². The van der Waals surface area contributed by atoms with E-state index in [-0.39, 0.29) is 11.8 Å². The summed E-state index contributed by atoms with van der Waals surface area (Å²) < 4.78 is 7.22. The number of hydrogen-bond donors (Lipinski definition) is 1. The number of nitrogens with one attached hydrogen (secondary N) is 1. The standard InChI is InChI=1S/C27H25N7O3/c1-33(2)26(35)8-10-34-16-30-21-6-5-19(13-23(21)34)22-12-20(18-3-4-18)14-24(31-22)32-27(36)37-25-11-17(15-28)7-9-29-25/h5-7,9,11-14,16,18H,3-4,8,10H2,1-2H3,(H,31,32,36). The van der Waals surface area contributed by atoms with Gasteiger partial charge < -0.3 is 14.2 Å². The highest BCUT2D eigenvalue weighted by atomic mass is 16.6. The number of rotatable bonds is 7. The minimum Gasteiger partial charge on any atom is -0.391 e. The zero-order valence-electron chi connectivity index (χ0n) is 20.5. The molecule has 1 aliphatic rings. The molecule has 0 aliphatic heterocycles. The van der Waals surface area contributed by atoms with Crippen LogP contribution in [-0.2, 0) is 11.3 Å². The van der Waals surface area contributed by atoms with Crippen LogP contribution in [0.3, 0.4) is 0 Å². The summed E-state index contributed by atoms with van der Waals surface area (Å²) in [6.45, 7) is 0.520. The molecule has 0 atom stereocenters. The summed E-state index contributed by atoms with van der Waals surface area (Å²) >= 11 is 0. The van der Waals surface area contributed by atoms with Crippen LogP contribution in [-0.4, -0.2) is 50.5 Å². The first kappa shape index (κ1) is 23.9. The number of imidazole rings is 1. The molecule has 2 amide bonds. The van der Waals surface area contributed by atoms with Crippen molar-refractivity contribution >= 4 is 28.9 Å². The first-order valence-corrected chi connectivity index (χ1v) is 11.9. The van der Waals surface area contributed by atoms with E-state index in [4.69, 9.17) is 10.00 Å². The second kappa shape index (κ2) is 10.1. The largest absolute Gasteiger partial charge is 0.419 e. The molecule has 3 aromatic heterocycles. The zero-order chi connectivity index (χ0) is 25.9. The van der Waals surface area contributed by atoms with Gasteiger partial charge in [-0.2, -0.15) is 5.26 Å². The van der Waals surface area contributed by atoms with Crippen molar-refractivity contribution in [1.29, 1.82) is 5.26 Å². The average molecular weight is 496 g/mol. The minimum atomic E-state index is -0.743. The lowest BCUT2D eigenvalue weighted by molar-refractivity contribution is -0.128. The van der Waals surface area contributed by atoms with Crippen LogP contribution < -0.4 is 10.1 Å². The van der Waals surface area contributed by atoms with Crippen LogP contribution >= 0.6 is 0 Å². The summed E-state index contributed by atoms with van der Waals surface area (Å²) in [5.41, 5.74) is 4.75. The van der Waals surface area contributed by atoms with Gasteiger partial charge in [-0.15, -0.1) is 0 Å². The van der Waals surface area contributed by atoms with E-state index in [0.717, 1.165) is 35.0 Å². The molecule has 3 heterocycles. The molecule has 10 heteroatoms. The number of ether oxygens (including phenoxy) is 1. The van der Waals surface area contributed by atoms with Crippen molar-refractivity contribution in [2.24, 2.45) is 0 Å². The molecule has 1 fully saturated rings. The second-order valence-corrected chi connectivity index (χ2v) is 9.13. The Morgan fingerprint density at radius 2 is 2.00 bits per heavy atom. The molecule has 0 saturated heterocycles. The molecule has 1 aromatic carbocycles. The predicted molar refractivity (Wildman–Crippen MR) is 137 cm³/mol. The van der Waals surface area contributed by atoms with Crippen molar-refractivity contribution < 1.29 is 14.3 Å². The molecule has 1 aliphatic carbocycles. The highest BCUT2D eigenvalue weighted by molar-refractivity contribution is 5.86. The number of aryl methyl sites for hydroxylation is 1. The van der Waals surface area contributed by atoms with E-state index in [9.17, 15) is 9.59 Å². The quantitative estimate of drug-likeness (QED) is 0.404. The Kier molecular flexibility index (Phi) is 6.51. The Labute approximate surface area is 213 Å². The fourth-order valence-electron chi connectivity index (χ4n) is 4.01. The van der Waals surface area contributed by atoms with Gasteiger partial charge in [-0.1, -0.05) is 6.07 Å². The summed E-state index contributed by atoms with van der Waals surface area (Å²) in [7, 11) is 3.48. The third-order valence-electron chi connectivity index (χ3n) is 6.17. The van der Waals surface area contributed by atoms with E-state index >= 15 is 0 Å². The summed E-state index contributed by atoms with van der Waals surface area (Å²) in [6.07, 6.45) is 4.95. The van der Waals surface area contributed by atoms with E-state index < -0.39 is 6.09 Å². The lowest BCUT2D eigenvalue weighted by Gasteiger charge is -2.12. The maximum Gasteiger partial charge on any atom is 0.419 e. The molecule has 37 heavy (non-hydrogen) atoms. The molecule has 186 valence electrons. The van der Waals surface area contributed by atoms with Crippen LogP contribution in [0, 0.1) is 11.3 Å². The SMILES string of the molecule is CN(C)C(=O)CCn1cnc2ccc(-c3cc(C4CC4)cc(NC(=O)Oc4cc(C#N)ccn4)n3)cc21. The maximum absolute atomic E-state index is 12.5. The Bertz CT molecular complexity index is 1530. The number of nitrogens with zero attached hydrogens (tertiary/aromatic N) is 6. The first-order chi connectivity index (χ1) is 17.9. The monoisotopic (exact) mass is 495 g/mol. The number of anilines is 1. The lowest BCUT2D eigenvalue weighted by atomic mass is 10.1. The molecule has 1 N–H and O–H groups in total. The number of carbonyl (C=O) groups is 2. The van der Waals surface area contributed by atoms with Crippen molar-refractivity contribution in [3.05, 3.63) is 66.1 Å². The van der Waals surface area contributed by atoms with E-state index in [1.54, 1.807) is 25.3 Å². The number of aromatic nitrogens is 4. The van der Waals surface area contributed by atoms with Gasteiger partial charge >= 0.3 is 6.09 Å². The zero-order valence-corrected chi connectivity index (χ0v) is 20.5. The van der Waals surface area contributed by atoms with Crippen molar-refractivity contribution in [3.8, 4) is 23.2 Å².